The van der Waals surface area contributed by atoms with E-state index >= 15 is 0 Å². The molecule has 0 radical (unpaired) electrons. The molecular weight excluding hydrogens is 246 g/mol. The molecule has 1 saturated carbocycles. The molecule has 0 spiro atoms. The fourth-order valence-electron chi connectivity index (χ4n) is 2.72. The third kappa shape index (κ3) is 2.96. The van der Waals surface area contributed by atoms with Gasteiger partial charge in [0.1, 0.15) is 11.5 Å². The Morgan fingerprint density at radius 1 is 1.30 bits per heavy atom. The molecule has 1 aromatic heterocycles. The van der Waals surface area contributed by atoms with E-state index in [2.05, 4.69) is 62.5 Å². The maximum atomic E-state index is 5.93. The van der Waals surface area contributed by atoms with Gasteiger partial charge in [-0.1, -0.05) is 36.8 Å². The molecular formula is C18H23NO. The number of aryl methyl sites for hydroxylation is 1. The van der Waals surface area contributed by atoms with Crippen LogP contribution in [0.1, 0.15) is 54.9 Å². The molecule has 1 aromatic carbocycles. The van der Waals surface area contributed by atoms with Crippen molar-refractivity contribution in [2.24, 2.45) is 5.92 Å². The van der Waals surface area contributed by atoms with Gasteiger partial charge in [0.05, 0.1) is 6.54 Å². The Balaban J connectivity index is 1.57. The molecule has 1 N–H and O–H groups in total. The molecule has 1 fully saturated rings. The molecule has 2 nitrogen and oxygen atoms in total. The highest BCUT2D eigenvalue weighted by molar-refractivity contribution is 5.25. The van der Waals surface area contributed by atoms with Crippen LogP contribution < -0.4 is 5.32 Å². The third-order valence-corrected chi connectivity index (χ3v) is 4.28. The predicted octanol–water partition coefficient (Wildman–Crippen LogP) is 4.56. The summed E-state index contributed by atoms with van der Waals surface area (Å²) in [6, 6.07) is 13.2. The summed E-state index contributed by atoms with van der Waals surface area (Å²) in [4.78, 5) is 0. The lowest BCUT2D eigenvalue weighted by Crippen LogP contribution is -2.17. The zero-order chi connectivity index (χ0) is 14.1. The average Bonchev–Trinajstić information content (AvgIpc) is 2.99. The minimum absolute atomic E-state index is 0.336. The Labute approximate surface area is 121 Å². The number of rotatable bonds is 5. The topological polar surface area (TPSA) is 25.2 Å². The smallest absolute Gasteiger partial charge is 0.117 e. The van der Waals surface area contributed by atoms with Gasteiger partial charge in [0.25, 0.3) is 0 Å². The number of hydrogen-bond donors (Lipinski definition) is 1. The van der Waals surface area contributed by atoms with Gasteiger partial charge < -0.3 is 9.73 Å². The molecule has 2 unspecified atom stereocenters. The molecule has 20 heavy (non-hydrogen) atoms. The van der Waals surface area contributed by atoms with E-state index in [1.807, 2.05) is 0 Å². The van der Waals surface area contributed by atoms with Gasteiger partial charge in [0, 0.05) is 12.0 Å². The van der Waals surface area contributed by atoms with Crippen LogP contribution >= 0.6 is 0 Å². The van der Waals surface area contributed by atoms with Crippen LogP contribution in [0.5, 0.6) is 0 Å². The summed E-state index contributed by atoms with van der Waals surface area (Å²) in [5, 5.41) is 3.53. The van der Waals surface area contributed by atoms with Crippen molar-refractivity contribution in [2.75, 3.05) is 0 Å². The molecule has 106 valence electrons. The Hall–Kier alpha value is -1.54. The fraction of sp³-hybridized carbons (Fsp3) is 0.444. The molecule has 3 atom stereocenters. The van der Waals surface area contributed by atoms with Crippen LogP contribution in [-0.4, -0.2) is 0 Å². The first-order chi connectivity index (χ1) is 9.63. The zero-order valence-corrected chi connectivity index (χ0v) is 12.5. The van der Waals surface area contributed by atoms with E-state index in [9.17, 15) is 0 Å². The van der Waals surface area contributed by atoms with E-state index in [1.54, 1.807) is 0 Å². The van der Waals surface area contributed by atoms with E-state index in [0.717, 1.165) is 24.0 Å². The van der Waals surface area contributed by atoms with Crippen LogP contribution in [0.25, 0.3) is 0 Å². The number of nitrogens with one attached hydrogen (secondary N) is 1. The summed E-state index contributed by atoms with van der Waals surface area (Å²) in [7, 11) is 0. The van der Waals surface area contributed by atoms with E-state index in [-0.39, 0.29) is 0 Å². The van der Waals surface area contributed by atoms with Gasteiger partial charge in [-0.15, -0.1) is 0 Å². The number of hydrogen-bond acceptors (Lipinski definition) is 2. The predicted molar refractivity (Wildman–Crippen MR) is 81.7 cm³/mol. The van der Waals surface area contributed by atoms with Gasteiger partial charge in [-0.2, -0.15) is 0 Å². The summed E-state index contributed by atoms with van der Waals surface area (Å²) in [6.45, 7) is 7.40. The van der Waals surface area contributed by atoms with Gasteiger partial charge in [-0.05, 0) is 43.9 Å². The van der Waals surface area contributed by atoms with Crippen molar-refractivity contribution in [3.63, 3.8) is 0 Å². The Morgan fingerprint density at radius 2 is 2.10 bits per heavy atom. The second-order valence-corrected chi connectivity index (χ2v) is 6.14. The molecule has 1 aliphatic carbocycles. The molecule has 0 bridgehead atoms. The van der Waals surface area contributed by atoms with Gasteiger partial charge in [-0.3, -0.25) is 0 Å². The van der Waals surface area contributed by atoms with E-state index < -0.39 is 0 Å². The first kappa shape index (κ1) is 13.4. The quantitative estimate of drug-likeness (QED) is 0.860. The van der Waals surface area contributed by atoms with E-state index in [0.29, 0.717) is 12.0 Å². The van der Waals surface area contributed by atoms with E-state index in [1.165, 1.54) is 17.5 Å². The second kappa shape index (κ2) is 5.45. The second-order valence-electron chi connectivity index (χ2n) is 6.14. The summed E-state index contributed by atoms with van der Waals surface area (Å²) in [5.41, 5.74) is 2.63. The number of benzene rings is 1. The largest absolute Gasteiger partial charge is 0.464 e. The summed E-state index contributed by atoms with van der Waals surface area (Å²) in [5.74, 6) is 3.67. The average molecular weight is 269 g/mol. The van der Waals surface area contributed by atoms with Crippen LogP contribution in [0.4, 0.5) is 0 Å². The Morgan fingerprint density at radius 3 is 2.80 bits per heavy atom. The highest BCUT2D eigenvalue weighted by Crippen LogP contribution is 2.47. The van der Waals surface area contributed by atoms with Crippen molar-refractivity contribution in [1.29, 1.82) is 0 Å². The molecule has 2 heteroatoms. The molecule has 3 rings (SSSR count). The fourth-order valence-corrected chi connectivity index (χ4v) is 2.72. The maximum absolute atomic E-state index is 5.93. The monoisotopic (exact) mass is 269 g/mol. The lowest BCUT2D eigenvalue weighted by Gasteiger charge is -2.13. The first-order valence-corrected chi connectivity index (χ1v) is 7.52. The summed E-state index contributed by atoms with van der Waals surface area (Å²) in [6.07, 6.45) is 1.28. The molecule has 1 aliphatic rings. The van der Waals surface area contributed by atoms with Crippen LogP contribution in [0.15, 0.2) is 40.8 Å². The summed E-state index contributed by atoms with van der Waals surface area (Å²) < 4.78 is 5.93. The highest BCUT2D eigenvalue weighted by Gasteiger charge is 2.36. The van der Waals surface area contributed by atoms with Gasteiger partial charge in [0.2, 0.25) is 0 Å². The normalized spacial score (nSPS) is 22.8. The zero-order valence-electron chi connectivity index (χ0n) is 12.5. The Kier molecular flexibility index (Phi) is 3.66. The lowest BCUT2D eigenvalue weighted by molar-refractivity contribution is 0.430. The molecule has 0 amide bonds. The Bertz CT molecular complexity index is 587. The van der Waals surface area contributed by atoms with E-state index in [4.69, 9.17) is 4.42 Å². The minimum atomic E-state index is 0.336. The SMILES string of the molecule is Cc1cccc([C@@H](C)NCc2ccc(C3CC3C)o2)c1. The summed E-state index contributed by atoms with van der Waals surface area (Å²) >= 11 is 0. The van der Waals surface area contributed by atoms with Gasteiger partial charge in [-0.25, -0.2) is 0 Å². The maximum Gasteiger partial charge on any atom is 0.117 e. The van der Waals surface area contributed by atoms with Crippen molar-refractivity contribution in [2.45, 2.75) is 45.7 Å². The molecule has 1 heterocycles. The van der Waals surface area contributed by atoms with Crippen LogP contribution in [0.3, 0.4) is 0 Å². The van der Waals surface area contributed by atoms with Crippen molar-refractivity contribution in [1.82, 2.24) is 5.32 Å². The highest BCUT2D eigenvalue weighted by atomic mass is 16.3. The van der Waals surface area contributed by atoms with Gasteiger partial charge in [0.15, 0.2) is 0 Å². The van der Waals surface area contributed by atoms with Crippen molar-refractivity contribution >= 4 is 0 Å². The number of furan rings is 1. The van der Waals surface area contributed by atoms with Crippen LogP contribution in [-0.2, 0) is 6.54 Å². The standard InChI is InChI=1S/C18H23NO/c1-12-5-4-6-15(9-12)14(3)19-11-16-7-8-18(20-16)17-10-13(17)2/h4-9,13-14,17,19H,10-11H2,1-3H3/t13?,14-,17?/m1/s1. The van der Waals surface area contributed by atoms with Crippen molar-refractivity contribution in [3.8, 4) is 0 Å². The minimum Gasteiger partial charge on any atom is -0.464 e. The van der Waals surface area contributed by atoms with Crippen LogP contribution in [0.2, 0.25) is 0 Å². The van der Waals surface area contributed by atoms with Crippen LogP contribution in [0, 0.1) is 12.8 Å². The first-order valence-electron chi connectivity index (χ1n) is 7.52. The van der Waals surface area contributed by atoms with Crippen molar-refractivity contribution in [3.05, 3.63) is 59.0 Å². The van der Waals surface area contributed by atoms with Crippen molar-refractivity contribution < 1.29 is 4.42 Å². The molecule has 0 saturated heterocycles. The van der Waals surface area contributed by atoms with Gasteiger partial charge >= 0.3 is 0 Å². The molecule has 0 aliphatic heterocycles. The lowest BCUT2D eigenvalue weighted by atomic mass is 10.1. The molecule has 2 aromatic rings. The third-order valence-electron chi connectivity index (χ3n) is 4.28.